The van der Waals surface area contributed by atoms with Crippen molar-refractivity contribution in [1.29, 1.82) is 5.26 Å². The summed E-state index contributed by atoms with van der Waals surface area (Å²) in [6.07, 6.45) is 0.743. The lowest BCUT2D eigenvalue weighted by Crippen LogP contribution is -2.37. The number of fused-ring (bicyclic) bond motifs is 3. The van der Waals surface area contributed by atoms with E-state index in [9.17, 15) is 10.1 Å². The molecule has 0 saturated heterocycles. The molecule has 1 aromatic carbocycles. The number of nitriles is 1. The van der Waals surface area contributed by atoms with E-state index in [1.54, 1.807) is 0 Å². The topological polar surface area (TPSA) is 70.2 Å². The Morgan fingerprint density at radius 3 is 2.74 bits per heavy atom. The largest absolute Gasteiger partial charge is 0.353 e. The highest BCUT2D eigenvalue weighted by Crippen LogP contribution is 2.29. The lowest BCUT2D eigenvalue weighted by Gasteiger charge is -2.17. The first kappa shape index (κ1) is 19.2. The Kier molecular flexibility index (Phi) is 5.71. The average Bonchev–Trinajstić information content (AvgIpc) is 3.04. The van der Waals surface area contributed by atoms with Gasteiger partial charge >= 0.3 is 0 Å². The van der Waals surface area contributed by atoms with Gasteiger partial charge in [-0.3, -0.25) is 9.20 Å². The van der Waals surface area contributed by atoms with Crippen molar-refractivity contribution in [2.24, 2.45) is 5.92 Å². The molecule has 0 aliphatic rings. The highest BCUT2D eigenvalue weighted by molar-refractivity contribution is 7.99. The molecule has 0 aliphatic carbocycles. The normalized spacial score (nSPS) is 12.4. The van der Waals surface area contributed by atoms with Crippen LogP contribution in [0, 0.1) is 17.2 Å². The van der Waals surface area contributed by atoms with Gasteiger partial charge in [-0.05, 0) is 43.0 Å². The number of nitrogens with zero attached hydrogens (tertiary/aromatic N) is 3. The molecule has 2 heterocycles. The van der Waals surface area contributed by atoms with Crippen LogP contribution in [0.3, 0.4) is 0 Å². The fourth-order valence-electron chi connectivity index (χ4n) is 2.95. The first-order valence-electron chi connectivity index (χ1n) is 9.21. The third-order valence-electron chi connectivity index (χ3n) is 4.86. The van der Waals surface area contributed by atoms with E-state index in [2.05, 4.69) is 30.2 Å². The molecule has 140 valence electrons. The van der Waals surface area contributed by atoms with Crippen molar-refractivity contribution in [3.05, 3.63) is 41.5 Å². The number of carbonyl (C=O) groups excluding carboxylic acids is 1. The lowest BCUT2D eigenvalue weighted by molar-refractivity contribution is -0.119. The fraction of sp³-hybridized carbons (Fsp3) is 0.381. The zero-order chi connectivity index (χ0) is 19.6. The number of amides is 1. The molecule has 2 aromatic heterocycles. The molecule has 0 fully saturated rings. The number of thioether (sulfide) groups is 1. The van der Waals surface area contributed by atoms with Gasteiger partial charge in [0.2, 0.25) is 5.91 Å². The van der Waals surface area contributed by atoms with Gasteiger partial charge in [-0.15, -0.1) is 0 Å². The SMILES string of the molecule is CCc1cc(SCC(=O)N[C@H](C)C(C)C)n2c(nc3ccccc32)c1C#N. The molecule has 0 bridgehead atoms. The van der Waals surface area contributed by atoms with Gasteiger partial charge in [0.15, 0.2) is 5.65 Å². The van der Waals surface area contributed by atoms with Crippen LogP contribution in [0.5, 0.6) is 0 Å². The molecule has 1 amide bonds. The Bertz CT molecular complexity index is 1030. The fourth-order valence-corrected chi connectivity index (χ4v) is 3.86. The van der Waals surface area contributed by atoms with Crippen LogP contribution in [-0.4, -0.2) is 27.1 Å². The molecular weight excluding hydrogens is 356 g/mol. The summed E-state index contributed by atoms with van der Waals surface area (Å²) in [5.41, 5.74) is 4.03. The van der Waals surface area contributed by atoms with E-state index in [0.717, 1.165) is 28.0 Å². The van der Waals surface area contributed by atoms with E-state index < -0.39 is 0 Å². The van der Waals surface area contributed by atoms with Crippen molar-refractivity contribution >= 4 is 34.3 Å². The number of hydrogen-bond donors (Lipinski definition) is 1. The predicted molar refractivity (Wildman–Crippen MR) is 110 cm³/mol. The van der Waals surface area contributed by atoms with Crippen LogP contribution in [0.1, 0.15) is 38.8 Å². The van der Waals surface area contributed by atoms with Gasteiger partial charge in [0.25, 0.3) is 0 Å². The van der Waals surface area contributed by atoms with Crippen LogP contribution in [0.15, 0.2) is 35.4 Å². The van der Waals surface area contributed by atoms with E-state index >= 15 is 0 Å². The third-order valence-corrected chi connectivity index (χ3v) is 5.86. The number of aromatic nitrogens is 2. The molecule has 5 nitrogen and oxygen atoms in total. The molecule has 1 N–H and O–H groups in total. The maximum absolute atomic E-state index is 12.3. The van der Waals surface area contributed by atoms with Crippen LogP contribution in [-0.2, 0) is 11.2 Å². The highest BCUT2D eigenvalue weighted by Gasteiger charge is 2.18. The van der Waals surface area contributed by atoms with E-state index in [-0.39, 0.29) is 11.9 Å². The zero-order valence-electron chi connectivity index (χ0n) is 16.1. The van der Waals surface area contributed by atoms with Gasteiger partial charge in [-0.2, -0.15) is 5.26 Å². The first-order chi connectivity index (χ1) is 13.0. The number of para-hydroxylation sites is 2. The number of rotatable bonds is 6. The number of pyridine rings is 1. The number of nitrogens with one attached hydrogen (secondary N) is 1. The quantitative estimate of drug-likeness (QED) is 0.652. The summed E-state index contributed by atoms with van der Waals surface area (Å²) in [4.78, 5) is 17.0. The maximum Gasteiger partial charge on any atom is 0.230 e. The third kappa shape index (κ3) is 3.79. The smallest absolute Gasteiger partial charge is 0.230 e. The summed E-state index contributed by atoms with van der Waals surface area (Å²) in [5.74, 6) is 0.735. The second-order valence-electron chi connectivity index (χ2n) is 7.00. The Labute approximate surface area is 163 Å². The van der Waals surface area contributed by atoms with Crippen molar-refractivity contribution in [2.45, 2.75) is 45.2 Å². The van der Waals surface area contributed by atoms with Gasteiger partial charge in [-0.25, -0.2) is 4.98 Å². The molecule has 0 unspecified atom stereocenters. The van der Waals surface area contributed by atoms with Crippen molar-refractivity contribution in [3.8, 4) is 6.07 Å². The molecule has 6 heteroatoms. The van der Waals surface area contributed by atoms with Crippen molar-refractivity contribution in [2.75, 3.05) is 5.75 Å². The van der Waals surface area contributed by atoms with Crippen LogP contribution < -0.4 is 5.32 Å². The van der Waals surface area contributed by atoms with Gasteiger partial charge < -0.3 is 5.32 Å². The Hall–Kier alpha value is -2.52. The second kappa shape index (κ2) is 8.01. The Morgan fingerprint density at radius 2 is 2.07 bits per heavy atom. The van der Waals surface area contributed by atoms with E-state index in [1.165, 1.54) is 11.8 Å². The molecule has 3 rings (SSSR count). The van der Waals surface area contributed by atoms with E-state index in [1.807, 2.05) is 48.6 Å². The van der Waals surface area contributed by atoms with Gasteiger partial charge in [-0.1, -0.05) is 44.7 Å². The summed E-state index contributed by atoms with van der Waals surface area (Å²) in [6.45, 7) is 8.23. The standard InChI is InChI=1S/C21H24N4OS/c1-5-15-10-20(27-12-19(26)23-14(4)13(2)3)25-18-9-7-6-8-17(18)24-21(25)16(15)11-22/h6-10,13-14H,5,12H2,1-4H3,(H,23,26)/t14-/m1/s1. The number of hydrogen-bond acceptors (Lipinski definition) is 4. The molecule has 0 aliphatic heterocycles. The predicted octanol–water partition coefficient (Wildman–Crippen LogP) is 4.17. The van der Waals surface area contributed by atoms with Crippen molar-refractivity contribution in [1.82, 2.24) is 14.7 Å². The Balaban J connectivity index is 2.02. The maximum atomic E-state index is 12.3. The van der Waals surface area contributed by atoms with Crippen LogP contribution in [0.25, 0.3) is 16.7 Å². The monoisotopic (exact) mass is 380 g/mol. The summed E-state index contributed by atoms with van der Waals surface area (Å²) < 4.78 is 2.00. The molecular formula is C21H24N4OS. The summed E-state index contributed by atoms with van der Waals surface area (Å²) in [5, 5.41) is 13.6. The van der Waals surface area contributed by atoms with E-state index in [4.69, 9.17) is 0 Å². The van der Waals surface area contributed by atoms with Crippen LogP contribution in [0.4, 0.5) is 0 Å². The van der Waals surface area contributed by atoms with Crippen molar-refractivity contribution < 1.29 is 4.79 Å². The minimum absolute atomic E-state index is 0.0150. The molecule has 0 spiro atoms. The summed E-state index contributed by atoms with van der Waals surface area (Å²) in [7, 11) is 0. The second-order valence-corrected chi connectivity index (χ2v) is 7.99. The first-order valence-corrected chi connectivity index (χ1v) is 10.2. The van der Waals surface area contributed by atoms with E-state index in [0.29, 0.717) is 22.9 Å². The molecule has 1 atom stereocenters. The highest BCUT2D eigenvalue weighted by atomic mass is 32.2. The number of benzene rings is 1. The minimum atomic E-state index is 0.0150. The number of aryl methyl sites for hydroxylation is 1. The molecule has 3 aromatic rings. The van der Waals surface area contributed by atoms with Crippen LogP contribution >= 0.6 is 11.8 Å². The van der Waals surface area contributed by atoms with Gasteiger partial charge in [0.05, 0.1) is 27.4 Å². The molecule has 27 heavy (non-hydrogen) atoms. The van der Waals surface area contributed by atoms with Gasteiger partial charge in [0, 0.05) is 6.04 Å². The van der Waals surface area contributed by atoms with Crippen LogP contribution in [0.2, 0.25) is 0 Å². The number of imidazole rings is 1. The lowest BCUT2D eigenvalue weighted by atomic mass is 10.1. The molecule has 0 radical (unpaired) electrons. The van der Waals surface area contributed by atoms with Crippen molar-refractivity contribution in [3.63, 3.8) is 0 Å². The minimum Gasteiger partial charge on any atom is -0.353 e. The molecule has 0 saturated carbocycles. The summed E-state index contributed by atoms with van der Waals surface area (Å²) >= 11 is 1.48. The number of carbonyl (C=O) groups is 1. The Morgan fingerprint density at radius 1 is 1.33 bits per heavy atom. The average molecular weight is 381 g/mol. The summed E-state index contributed by atoms with van der Waals surface area (Å²) in [6, 6.07) is 12.3. The van der Waals surface area contributed by atoms with Gasteiger partial charge in [0.1, 0.15) is 6.07 Å². The zero-order valence-corrected chi connectivity index (χ0v) is 16.9.